The Balaban J connectivity index is 1.39. The first-order valence-corrected chi connectivity index (χ1v) is 11.3. The Morgan fingerprint density at radius 1 is 0.968 bits per heavy atom. The van der Waals surface area contributed by atoms with E-state index in [-0.39, 0.29) is 11.8 Å². The predicted octanol–water partition coefficient (Wildman–Crippen LogP) is 4.06. The molecule has 1 atom stereocenters. The van der Waals surface area contributed by atoms with Crippen LogP contribution in [0.3, 0.4) is 0 Å². The lowest BCUT2D eigenvalue weighted by Crippen LogP contribution is -2.35. The van der Waals surface area contributed by atoms with Gasteiger partial charge in [0, 0.05) is 57.9 Å². The first kappa shape index (κ1) is 21.4. The second kappa shape index (κ2) is 8.74. The molecule has 0 radical (unpaired) electrons. The summed E-state index contributed by atoms with van der Waals surface area (Å²) < 4.78 is 0. The molecular weight excluding hydrogens is 386 g/mol. The van der Waals surface area contributed by atoms with Crippen molar-refractivity contribution in [1.29, 1.82) is 0 Å². The summed E-state index contributed by atoms with van der Waals surface area (Å²) in [7, 11) is 5.94. The van der Waals surface area contributed by atoms with E-state index in [1.54, 1.807) is 0 Å². The fourth-order valence-electron chi connectivity index (χ4n) is 4.48. The van der Waals surface area contributed by atoms with Gasteiger partial charge in [-0.3, -0.25) is 9.59 Å². The molecule has 1 heterocycles. The third-order valence-corrected chi connectivity index (χ3v) is 6.58. The summed E-state index contributed by atoms with van der Waals surface area (Å²) in [6.45, 7) is 4.32. The van der Waals surface area contributed by atoms with Gasteiger partial charge in [-0.25, -0.2) is 0 Å². The zero-order valence-electron chi connectivity index (χ0n) is 19.1. The Morgan fingerprint density at radius 2 is 1.65 bits per heavy atom. The van der Waals surface area contributed by atoms with E-state index in [9.17, 15) is 9.59 Å². The summed E-state index contributed by atoms with van der Waals surface area (Å²) >= 11 is 0. The van der Waals surface area contributed by atoms with Crippen LogP contribution in [0.4, 0.5) is 5.69 Å². The van der Waals surface area contributed by atoms with Gasteiger partial charge >= 0.3 is 0 Å². The minimum Gasteiger partial charge on any atom is -0.378 e. The second-order valence-corrected chi connectivity index (χ2v) is 9.37. The lowest BCUT2D eigenvalue weighted by atomic mass is 9.98. The average molecular weight is 420 g/mol. The Kier molecular flexibility index (Phi) is 6.03. The molecule has 1 aliphatic heterocycles. The largest absolute Gasteiger partial charge is 0.378 e. The number of anilines is 1. The maximum absolute atomic E-state index is 13.1. The number of rotatable bonds is 6. The Morgan fingerprint density at radius 3 is 2.26 bits per heavy atom. The number of nitrogens with zero attached hydrogens (tertiary/aromatic N) is 3. The fraction of sp³-hybridized carbons (Fsp3) is 0.462. The first-order chi connectivity index (χ1) is 14.8. The highest BCUT2D eigenvalue weighted by molar-refractivity contribution is 5.96. The van der Waals surface area contributed by atoms with Crippen molar-refractivity contribution < 1.29 is 9.59 Å². The maximum atomic E-state index is 13.1. The highest BCUT2D eigenvalue weighted by atomic mass is 16.2. The molecule has 0 bridgehead atoms. The van der Waals surface area contributed by atoms with Crippen LogP contribution >= 0.6 is 0 Å². The van der Waals surface area contributed by atoms with Gasteiger partial charge in [-0.05, 0) is 67.0 Å². The average Bonchev–Trinajstić information content (AvgIpc) is 3.51. The van der Waals surface area contributed by atoms with Crippen molar-refractivity contribution in [3.8, 4) is 11.1 Å². The van der Waals surface area contributed by atoms with Gasteiger partial charge < -0.3 is 14.7 Å². The second-order valence-electron chi connectivity index (χ2n) is 9.37. The summed E-state index contributed by atoms with van der Waals surface area (Å²) in [5.41, 5.74) is 5.17. The molecule has 2 fully saturated rings. The molecule has 5 heteroatoms. The molecule has 31 heavy (non-hydrogen) atoms. The number of benzene rings is 2. The van der Waals surface area contributed by atoms with Crippen molar-refractivity contribution in [3.05, 3.63) is 53.6 Å². The molecule has 0 aromatic heterocycles. The molecule has 2 aliphatic rings. The minimum atomic E-state index is 0.0546. The molecule has 0 unspecified atom stereocenters. The van der Waals surface area contributed by atoms with E-state index >= 15 is 0 Å². The van der Waals surface area contributed by atoms with Crippen molar-refractivity contribution in [2.45, 2.75) is 26.2 Å². The van der Waals surface area contributed by atoms with E-state index in [1.807, 2.05) is 50.0 Å². The number of likely N-dealkylation sites (tertiary alicyclic amines) is 1. The molecule has 4 rings (SSSR count). The zero-order chi connectivity index (χ0) is 22.1. The van der Waals surface area contributed by atoms with Crippen molar-refractivity contribution in [3.63, 3.8) is 0 Å². The number of aryl methyl sites for hydroxylation is 1. The maximum Gasteiger partial charge on any atom is 0.253 e. The zero-order valence-corrected chi connectivity index (χ0v) is 19.1. The van der Waals surface area contributed by atoms with Crippen LogP contribution in [0.15, 0.2) is 42.5 Å². The Hall–Kier alpha value is -2.82. The number of hydrogen-bond acceptors (Lipinski definition) is 3. The van der Waals surface area contributed by atoms with Gasteiger partial charge in [-0.15, -0.1) is 0 Å². The molecule has 0 N–H and O–H groups in total. The van der Waals surface area contributed by atoms with Crippen LogP contribution in [0.2, 0.25) is 0 Å². The summed E-state index contributed by atoms with van der Waals surface area (Å²) in [5, 5.41) is 0. The van der Waals surface area contributed by atoms with Crippen molar-refractivity contribution in [2.24, 2.45) is 11.8 Å². The molecular formula is C26H33N3O2. The Bertz CT molecular complexity index is 963. The summed E-state index contributed by atoms with van der Waals surface area (Å²) in [6.07, 6.45) is 3.08. The standard InChI is InChI=1S/C26H33N3O2/c1-18-15-22(20-7-10-23(11-8-20)27(2)3)9-12-24(18)26(31)28(4)16-19-13-14-29(17-19)25(30)21-5-6-21/h7-12,15,19,21H,5-6,13-14,16-17H2,1-4H3/t19-/m0/s1. The van der Waals surface area contributed by atoms with Crippen molar-refractivity contribution >= 4 is 17.5 Å². The predicted molar refractivity (Wildman–Crippen MR) is 125 cm³/mol. The van der Waals surface area contributed by atoms with Crippen LogP contribution in [0.5, 0.6) is 0 Å². The van der Waals surface area contributed by atoms with E-state index in [0.29, 0.717) is 18.4 Å². The number of hydrogen-bond donors (Lipinski definition) is 0. The van der Waals surface area contributed by atoms with Crippen LogP contribution in [-0.4, -0.2) is 62.4 Å². The third-order valence-electron chi connectivity index (χ3n) is 6.58. The minimum absolute atomic E-state index is 0.0546. The van der Waals surface area contributed by atoms with E-state index in [0.717, 1.165) is 54.6 Å². The SMILES string of the molecule is Cc1cc(-c2ccc(N(C)C)cc2)ccc1C(=O)N(C)C[C@@H]1CCN(C(=O)C2CC2)C1. The van der Waals surface area contributed by atoms with Gasteiger partial charge in [0.1, 0.15) is 0 Å². The van der Waals surface area contributed by atoms with Crippen LogP contribution in [0, 0.1) is 18.8 Å². The molecule has 2 aromatic rings. The van der Waals surface area contributed by atoms with Crippen LogP contribution in [-0.2, 0) is 4.79 Å². The van der Waals surface area contributed by atoms with Gasteiger partial charge in [0.05, 0.1) is 0 Å². The highest BCUT2D eigenvalue weighted by Crippen LogP contribution is 2.33. The van der Waals surface area contributed by atoms with Crippen molar-refractivity contribution in [1.82, 2.24) is 9.80 Å². The Labute approximate surface area is 185 Å². The smallest absolute Gasteiger partial charge is 0.253 e. The van der Waals surface area contributed by atoms with Crippen LogP contribution in [0.1, 0.15) is 35.2 Å². The van der Waals surface area contributed by atoms with Gasteiger partial charge in [0.2, 0.25) is 5.91 Å². The molecule has 1 aliphatic carbocycles. The lowest BCUT2D eigenvalue weighted by molar-refractivity contribution is -0.131. The topological polar surface area (TPSA) is 43.9 Å². The molecule has 1 saturated heterocycles. The van der Waals surface area contributed by atoms with Gasteiger partial charge in [-0.1, -0.05) is 24.3 Å². The van der Waals surface area contributed by atoms with Gasteiger partial charge in [-0.2, -0.15) is 0 Å². The molecule has 0 spiro atoms. The summed E-state index contributed by atoms with van der Waals surface area (Å²) in [6, 6.07) is 14.5. The summed E-state index contributed by atoms with van der Waals surface area (Å²) in [4.78, 5) is 31.3. The molecule has 2 amide bonds. The monoisotopic (exact) mass is 419 g/mol. The van der Waals surface area contributed by atoms with E-state index in [1.165, 1.54) is 5.69 Å². The molecule has 5 nitrogen and oxygen atoms in total. The third kappa shape index (κ3) is 4.76. The molecule has 2 aromatic carbocycles. The lowest BCUT2D eigenvalue weighted by Gasteiger charge is -2.23. The number of carbonyl (C=O) groups excluding carboxylic acids is 2. The number of amides is 2. The highest BCUT2D eigenvalue weighted by Gasteiger charge is 2.37. The van der Waals surface area contributed by atoms with E-state index < -0.39 is 0 Å². The van der Waals surface area contributed by atoms with Crippen LogP contribution < -0.4 is 4.90 Å². The molecule has 1 saturated carbocycles. The van der Waals surface area contributed by atoms with E-state index in [2.05, 4.69) is 35.2 Å². The fourth-order valence-corrected chi connectivity index (χ4v) is 4.48. The van der Waals surface area contributed by atoms with Gasteiger partial charge in [0.25, 0.3) is 5.91 Å². The number of carbonyl (C=O) groups is 2. The summed E-state index contributed by atoms with van der Waals surface area (Å²) in [5.74, 6) is 1.02. The van der Waals surface area contributed by atoms with Crippen LogP contribution in [0.25, 0.3) is 11.1 Å². The normalized spacial score (nSPS) is 18.2. The van der Waals surface area contributed by atoms with Crippen molar-refractivity contribution in [2.75, 3.05) is 45.7 Å². The first-order valence-electron chi connectivity index (χ1n) is 11.3. The molecule has 164 valence electrons. The van der Waals surface area contributed by atoms with Gasteiger partial charge in [0.15, 0.2) is 0 Å². The quantitative estimate of drug-likeness (QED) is 0.709. The van der Waals surface area contributed by atoms with E-state index in [4.69, 9.17) is 0 Å².